The smallest absolute Gasteiger partial charge is 0.0546 e. The Bertz CT molecular complexity index is 3320. The van der Waals surface area contributed by atoms with Gasteiger partial charge in [-0.25, -0.2) is 0 Å². The Kier molecular flexibility index (Phi) is 9.43. The fourth-order valence-corrected chi connectivity index (χ4v) is 13.8. The number of hydrogen-bond acceptors (Lipinski definition) is 2. The van der Waals surface area contributed by atoms with Crippen LogP contribution in [0, 0.1) is 11.8 Å². The van der Waals surface area contributed by atoms with Crippen molar-refractivity contribution in [1.82, 2.24) is 0 Å². The van der Waals surface area contributed by atoms with Gasteiger partial charge in [0.1, 0.15) is 0 Å². The van der Waals surface area contributed by atoms with E-state index < -0.39 is 0 Å². The molecule has 4 aliphatic carbocycles. The first kappa shape index (κ1) is 40.1. The molecule has 3 atom stereocenters. The number of anilines is 6. The molecule has 4 aliphatic rings. The summed E-state index contributed by atoms with van der Waals surface area (Å²) in [6, 6.07) is 78.3. The fourth-order valence-electron chi connectivity index (χ4n) is 13.8. The molecule has 0 heterocycles. The highest BCUT2D eigenvalue weighted by Gasteiger charge is 2.59. The van der Waals surface area contributed by atoms with Gasteiger partial charge in [-0.2, -0.15) is 0 Å². The minimum Gasteiger partial charge on any atom is -0.310 e. The zero-order valence-electron chi connectivity index (χ0n) is 38.6. The molecule has 0 amide bonds. The van der Waals surface area contributed by atoms with Crippen LogP contribution in [0.4, 0.5) is 34.1 Å². The van der Waals surface area contributed by atoms with E-state index in [4.69, 9.17) is 0 Å². The third-order valence-electron chi connectivity index (χ3n) is 16.5. The van der Waals surface area contributed by atoms with E-state index in [1.54, 1.807) is 11.1 Å². The summed E-state index contributed by atoms with van der Waals surface area (Å²) in [5, 5.41) is 2.52. The van der Waals surface area contributed by atoms with E-state index in [0.717, 1.165) is 12.8 Å². The molecule has 13 rings (SSSR count). The van der Waals surface area contributed by atoms with Crippen molar-refractivity contribution in [2.45, 2.75) is 69.6 Å². The Labute approximate surface area is 396 Å². The van der Waals surface area contributed by atoms with Gasteiger partial charge in [-0.1, -0.05) is 185 Å². The van der Waals surface area contributed by atoms with E-state index in [1.165, 1.54) is 122 Å². The lowest BCUT2D eigenvalue weighted by atomic mass is 9.60. The molecular weight excluding hydrogens is 809 g/mol. The summed E-state index contributed by atoms with van der Waals surface area (Å²) in [5.41, 5.74) is 21.3. The Morgan fingerprint density at radius 3 is 1.67 bits per heavy atom. The Morgan fingerprint density at radius 2 is 0.985 bits per heavy atom. The number of para-hydroxylation sites is 2. The van der Waals surface area contributed by atoms with E-state index in [-0.39, 0.29) is 10.8 Å². The maximum atomic E-state index is 2.65. The van der Waals surface area contributed by atoms with Gasteiger partial charge in [-0.15, -0.1) is 0 Å². The predicted molar refractivity (Wildman–Crippen MR) is 281 cm³/mol. The molecule has 2 heteroatoms. The van der Waals surface area contributed by atoms with Crippen LogP contribution in [-0.4, -0.2) is 0 Å². The highest BCUT2D eigenvalue weighted by Crippen LogP contribution is 2.67. The van der Waals surface area contributed by atoms with Crippen LogP contribution in [-0.2, 0) is 23.7 Å². The molecule has 2 nitrogen and oxygen atoms in total. The second kappa shape index (κ2) is 15.7. The van der Waals surface area contributed by atoms with E-state index >= 15 is 0 Å². The van der Waals surface area contributed by atoms with E-state index in [1.807, 2.05) is 0 Å². The van der Waals surface area contributed by atoms with E-state index in [9.17, 15) is 0 Å². The van der Waals surface area contributed by atoms with E-state index in [0.29, 0.717) is 11.8 Å². The van der Waals surface area contributed by atoms with Gasteiger partial charge in [0.05, 0.1) is 17.1 Å². The first-order valence-corrected chi connectivity index (χ1v) is 24.8. The summed E-state index contributed by atoms with van der Waals surface area (Å²) >= 11 is 0. The average Bonchev–Trinajstić information content (AvgIpc) is 3.96. The van der Waals surface area contributed by atoms with Gasteiger partial charge in [0.25, 0.3) is 0 Å². The van der Waals surface area contributed by atoms with Gasteiger partial charge < -0.3 is 9.80 Å². The summed E-state index contributed by atoms with van der Waals surface area (Å²) in [7, 11) is 0. The first-order chi connectivity index (χ1) is 33.0. The molecule has 0 N–H and O–H groups in total. The van der Waals surface area contributed by atoms with Crippen LogP contribution in [0.15, 0.2) is 206 Å². The molecule has 0 aliphatic heterocycles. The summed E-state index contributed by atoms with van der Waals surface area (Å²) in [4.78, 5) is 5.29. The molecule has 1 spiro atoms. The first-order valence-electron chi connectivity index (χ1n) is 24.8. The van der Waals surface area contributed by atoms with Crippen molar-refractivity contribution in [3.05, 3.63) is 240 Å². The molecule has 3 unspecified atom stereocenters. The van der Waals surface area contributed by atoms with Gasteiger partial charge in [-0.3, -0.25) is 0 Å². The third kappa shape index (κ3) is 6.08. The SMILES string of the molecule is CC1(C)c2ccccc2-c2ccc(N(c3ccccc3)c3cccc4c3C35c6c(cccc6N(c6ccccc6)c6ccc7ccccc7c6-c6ccccc6)CC3CCCCCC5C4)cc21. The van der Waals surface area contributed by atoms with Crippen molar-refractivity contribution in [2.75, 3.05) is 9.80 Å². The van der Waals surface area contributed by atoms with Crippen molar-refractivity contribution in [3.8, 4) is 22.3 Å². The highest BCUT2D eigenvalue weighted by molar-refractivity contribution is 6.06. The number of benzene rings is 9. The number of hydrogen-bond donors (Lipinski definition) is 0. The maximum absolute atomic E-state index is 2.65. The van der Waals surface area contributed by atoms with Gasteiger partial charge in [0, 0.05) is 33.5 Å². The molecule has 9 aromatic carbocycles. The number of rotatable bonds is 7. The Morgan fingerprint density at radius 1 is 0.418 bits per heavy atom. The van der Waals surface area contributed by atoms with Crippen molar-refractivity contribution in [2.24, 2.45) is 11.8 Å². The molecular formula is C65H56N2. The highest BCUT2D eigenvalue weighted by atomic mass is 15.2. The largest absolute Gasteiger partial charge is 0.310 e. The van der Waals surface area contributed by atoms with Crippen LogP contribution in [0.2, 0.25) is 0 Å². The van der Waals surface area contributed by atoms with Crippen LogP contribution < -0.4 is 9.80 Å². The van der Waals surface area contributed by atoms with Gasteiger partial charge >= 0.3 is 0 Å². The summed E-state index contributed by atoms with van der Waals surface area (Å²) in [6.07, 6.45) is 8.50. The number of fused-ring (bicyclic) bond motifs is 6. The summed E-state index contributed by atoms with van der Waals surface area (Å²) < 4.78 is 0. The minimum absolute atomic E-state index is 0.112. The Hall–Kier alpha value is -7.16. The van der Waals surface area contributed by atoms with Crippen LogP contribution in [0.5, 0.6) is 0 Å². The zero-order chi connectivity index (χ0) is 44.7. The van der Waals surface area contributed by atoms with Crippen molar-refractivity contribution in [3.63, 3.8) is 0 Å². The van der Waals surface area contributed by atoms with Crippen molar-refractivity contribution >= 4 is 44.9 Å². The van der Waals surface area contributed by atoms with Crippen LogP contribution in [0.3, 0.4) is 0 Å². The summed E-state index contributed by atoms with van der Waals surface area (Å²) in [5.74, 6) is 0.954. The lowest BCUT2D eigenvalue weighted by Gasteiger charge is -2.45. The van der Waals surface area contributed by atoms with Gasteiger partial charge in [0.15, 0.2) is 0 Å². The molecule has 0 radical (unpaired) electrons. The molecule has 1 fully saturated rings. The quantitative estimate of drug-likeness (QED) is 0.157. The lowest BCUT2D eigenvalue weighted by molar-refractivity contribution is 0.205. The number of nitrogens with zero attached hydrogens (tertiary/aromatic N) is 2. The summed E-state index contributed by atoms with van der Waals surface area (Å²) in [6.45, 7) is 4.82. The van der Waals surface area contributed by atoms with Gasteiger partial charge in [-0.05, 0) is 153 Å². The molecule has 0 aromatic heterocycles. The third-order valence-corrected chi connectivity index (χ3v) is 16.5. The Balaban J connectivity index is 1.09. The minimum atomic E-state index is -0.200. The van der Waals surface area contributed by atoms with Crippen molar-refractivity contribution < 1.29 is 0 Å². The molecule has 0 saturated heterocycles. The van der Waals surface area contributed by atoms with Crippen LogP contribution in [0.25, 0.3) is 33.0 Å². The topological polar surface area (TPSA) is 6.48 Å². The van der Waals surface area contributed by atoms with Crippen molar-refractivity contribution in [1.29, 1.82) is 0 Å². The monoisotopic (exact) mass is 864 g/mol. The molecule has 0 bridgehead atoms. The van der Waals surface area contributed by atoms with Gasteiger partial charge in [0.2, 0.25) is 0 Å². The van der Waals surface area contributed by atoms with Crippen LogP contribution >= 0.6 is 0 Å². The molecule has 326 valence electrons. The second-order valence-electron chi connectivity index (χ2n) is 20.2. The lowest BCUT2D eigenvalue weighted by Crippen LogP contribution is -2.40. The molecule has 67 heavy (non-hydrogen) atoms. The predicted octanol–water partition coefficient (Wildman–Crippen LogP) is 17.3. The second-order valence-corrected chi connectivity index (χ2v) is 20.2. The van der Waals surface area contributed by atoms with E-state index in [2.05, 4.69) is 230 Å². The van der Waals surface area contributed by atoms with Crippen LogP contribution in [0.1, 0.15) is 79.3 Å². The zero-order valence-corrected chi connectivity index (χ0v) is 38.6. The maximum Gasteiger partial charge on any atom is 0.0546 e. The average molecular weight is 865 g/mol. The molecule has 1 saturated carbocycles. The molecule has 9 aromatic rings. The standard InChI is InChI=1S/C65H56N2/c1-64(2)56-34-18-17-33-54(56)55-39-38-52(43-57(55)64)66(50-28-11-5-12-29-50)59-35-19-24-46-41-48-26-9-4-10-27-49-42-47-25-20-36-60(63(47)65(48,49)62(46)59)67(51-30-13-6-14-31-51)58-40-37-44-21-15-16-32-53(44)61(58)45-22-7-3-8-23-45/h3,5-8,11-25,28-40,43,48-49H,4,9-10,26-27,41-42H2,1-2H3. The fraction of sp³-hybridized carbons (Fsp3) is 0.200. The normalized spacial score (nSPS) is 19.6.